The van der Waals surface area contributed by atoms with E-state index in [0.717, 1.165) is 4.90 Å². The molecule has 164 valence electrons. The molecular weight excluding hydrogens is 428 g/mol. The first-order chi connectivity index (χ1) is 14.9. The molecule has 3 aromatic carbocycles. The Bertz CT molecular complexity index is 960. The fourth-order valence-corrected chi connectivity index (χ4v) is 3.89. The zero-order valence-corrected chi connectivity index (χ0v) is 17.7. The Hall–Kier alpha value is -2.51. The summed E-state index contributed by atoms with van der Waals surface area (Å²) < 4.78 is 65.6. The zero-order valence-electron chi connectivity index (χ0n) is 16.9. The van der Waals surface area contributed by atoms with Gasteiger partial charge in [0.1, 0.15) is 17.5 Å². The SMILES string of the molecule is CCOc1ccc(C(COCc2ccc(F)c(Sc3ccccc3)c2)C(F)(F)F)cc1. The third kappa shape index (κ3) is 6.74. The maximum atomic E-state index is 14.2. The van der Waals surface area contributed by atoms with Crippen molar-refractivity contribution in [1.82, 2.24) is 0 Å². The summed E-state index contributed by atoms with van der Waals surface area (Å²) in [5.74, 6) is -1.63. The molecule has 1 atom stereocenters. The third-order valence-corrected chi connectivity index (χ3v) is 5.55. The molecule has 31 heavy (non-hydrogen) atoms. The molecule has 2 nitrogen and oxygen atoms in total. The molecule has 0 radical (unpaired) electrons. The largest absolute Gasteiger partial charge is 0.494 e. The number of rotatable bonds is 9. The first kappa shape index (κ1) is 23.2. The minimum Gasteiger partial charge on any atom is -0.494 e. The van der Waals surface area contributed by atoms with Crippen molar-refractivity contribution in [2.24, 2.45) is 0 Å². The third-order valence-electron chi connectivity index (χ3n) is 4.51. The summed E-state index contributed by atoms with van der Waals surface area (Å²) >= 11 is 1.25. The van der Waals surface area contributed by atoms with Gasteiger partial charge in [0, 0.05) is 9.79 Å². The van der Waals surface area contributed by atoms with Crippen LogP contribution in [0.5, 0.6) is 5.75 Å². The first-order valence-corrected chi connectivity index (χ1v) is 10.6. The number of alkyl halides is 3. The Balaban J connectivity index is 1.65. The van der Waals surface area contributed by atoms with E-state index < -0.39 is 18.7 Å². The molecular formula is C24H22F4O2S. The maximum absolute atomic E-state index is 14.2. The molecule has 0 heterocycles. The van der Waals surface area contributed by atoms with Crippen molar-refractivity contribution in [2.45, 2.75) is 35.4 Å². The topological polar surface area (TPSA) is 18.5 Å². The lowest BCUT2D eigenvalue weighted by Crippen LogP contribution is -2.25. The predicted molar refractivity (Wildman–Crippen MR) is 113 cm³/mol. The summed E-state index contributed by atoms with van der Waals surface area (Å²) in [7, 11) is 0. The minimum absolute atomic E-state index is 0.0494. The van der Waals surface area contributed by atoms with Gasteiger partial charge < -0.3 is 9.47 Å². The molecule has 3 aromatic rings. The number of hydrogen-bond donors (Lipinski definition) is 0. The molecule has 7 heteroatoms. The van der Waals surface area contributed by atoms with E-state index in [-0.39, 0.29) is 18.0 Å². The highest BCUT2D eigenvalue weighted by atomic mass is 32.2. The smallest absolute Gasteiger partial charge is 0.397 e. The highest BCUT2D eigenvalue weighted by Gasteiger charge is 2.40. The van der Waals surface area contributed by atoms with Gasteiger partial charge in [0.05, 0.1) is 19.8 Å². The van der Waals surface area contributed by atoms with Crippen molar-refractivity contribution in [3.8, 4) is 5.75 Å². The van der Waals surface area contributed by atoms with Crippen molar-refractivity contribution >= 4 is 11.8 Å². The van der Waals surface area contributed by atoms with Crippen LogP contribution in [0.4, 0.5) is 17.6 Å². The lowest BCUT2D eigenvalue weighted by Gasteiger charge is -2.21. The second-order valence-corrected chi connectivity index (χ2v) is 7.91. The van der Waals surface area contributed by atoms with Gasteiger partial charge in [0.15, 0.2) is 0 Å². The van der Waals surface area contributed by atoms with E-state index in [9.17, 15) is 17.6 Å². The van der Waals surface area contributed by atoms with Crippen molar-refractivity contribution in [1.29, 1.82) is 0 Å². The van der Waals surface area contributed by atoms with E-state index in [1.165, 1.54) is 48.2 Å². The Morgan fingerprint density at radius 1 is 0.935 bits per heavy atom. The van der Waals surface area contributed by atoms with Crippen LogP contribution in [0.2, 0.25) is 0 Å². The molecule has 0 amide bonds. The molecule has 0 aliphatic carbocycles. The van der Waals surface area contributed by atoms with Crippen molar-refractivity contribution in [2.75, 3.05) is 13.2 Å². The van der Waals surface area contributed by atoms with Gasteiger partial charge in [0.25, 0.3) is 0 Å². The monoisotopic (exact) mass is 450 g/mol. The lowest BCUT2D eigenvalue weighted by atomic mass is 9.99. The van der Waals surface area contributed by atoms with Crippen molar-refractivity contribution in [3.63, 3.8) is 0 Å². The molecule has 0 spiro atoms. The zero-order chi connectivity index (χ0) is 22.3. The average Bonchev–Trinajstić information content (AvgIpc) is 2.74. The minimum atomic E-state index is -4.45. The van der Waals surface area contributed by atoms with Crippen LogP contribution in [0, 0.1) is 5.82 Å². The lowest BCUT2D eigenvalue weighted by molar-refractivity contribution is -0.163. The standard InChI is InChI=1S/C24H22F4O2S/c1-2-30-19-11-9-18(10-12-19)21(24(26,27)28)16-29-15-17-8-13-22(25)23(14-17)31-20-6-4-3-5-7-20/h3-14,21H,2,15-16H2,1H3. The Morgan fingerprint density at radius 2 is 1.65 bits per heavy atom. The predicted octanol–water partition coefficient (Wildman–Crippen LogP) is 7.24. The van der Waals surface area contributed by atoms with E-state index in [1.54, 1.807) is 13.0 Å². The van der Waals surface area contributed by atoms with Crippen molar-refractivity contribution in [3.05, 3.63) is 89.7 Å². The maximum Gasteiger partial charge on any atom is 0.397 e. The fraction of sp³-hybridized carbons (Fsp3) is 0.250. The molecule has 0 aromatic heterocycles. The van der Waals surface area contributed by atoms with Crippen LogP contribution in [-0.2, 0) is 11.3 Å². The van der Waals surface area contributed by atoms with Gasteiger partial charge in [-0.25, -0.2) is 4.39 Å². The highest BCUT2D eigenvalue weighted by molar-refractivity contribution is 7.99. The number of ether oxygens (including phenoxy) is 2. The van der Waals surface area contributed by atoms with Gasteiger partial charge in [0.2, 0.25) is 0 Å². The highest BCUT2D eigenvalue weighted by Crippen LogP contribution is 2.36. The summed E-state index contributed by atoms with van der Waals surface area (Å²) in [4.78, 5) is 1.26. The van der Waals surface area contributed by atoms with Crippen LogP contribution in [0.1, 0.15) is 24.0 Å². The second-order valence-electron chi connectivity index (χ2n) is 6.79. The Labute approximate surface area is 183 Å². The molecule has 0 aliphatic heterocycles. The van der Waals surface area contributed by atoms with E-state index in [2.05, 4.69) is 0 Å². The normalized spacial score (nSPS) is 12.5. The van der Waals surface area contributed by atoms with Crippen molar-refractivity contribution < 1.29 is 27.0 Å². The van der Waals surface area contributed by atoms with Crippen LogP contribution >= 0.6 is 11.8 Å². The molecule has 0 aliphatic rings. The van der Waals surface area contributed by atoms with Crippen LogP contribution in [0.15, 0.2) is 82.6 Å². The second kappa shape index (κ2) is 10.7. The van der Waals surface area contributed by atoms with E-state index in [1.807, 2.05) is 30.3 Å². The molecule has 0 bridgehead atoms. The van der Waals surface area contributed by atoms with Gasteiger partial charge in [-0.3, -0.25) is 0 Å². The molecule has 0 N–H and O–H groups in total. The van der Waals surface area contributed by atoms with Crippen LogP contribution in [0.25, 0.3) is 0 Å². The average molecular weight is 450 g/mol. The van der Waals surface area contributed by atoms with Gasteiger partial charge in [-0.1, -0.05) is 48.2 Å². The number of hydrogen-bond acceptors (Lipinski definition) is 3. The number of halogens is 4. The van der Waals surface area contributed by atoms with Gasteiger partial charge in [-0.2, -0.15) is 13.2 Å². The Morgan fingerprint density at radius 3 is 2.29 bits per heavy atom. The fourth-order valence-electron chi connectivity index (χ4n) is 2.97. The van der Waals surface area contributed by atoms with E-state index in [4.69, 9.17) is 9.47 Å². The summed E-state index contributed by atoms with van der Waals surface area (Å²) in [5, 5.41) is 0. The summed E-state index contributed by atoms with van der Waals surface area (Å²) in [6.45, 7) is 1.66. The van der Waals surface area contributed by atoms with Gasteiger partial charge >= 0.3 is 6.18 Å². The first-order valence-electron chi connectivity index (χ1n) is 9.75. The van der Waals surface area contributed by atoms with E-state index in [0.29, 0.717) is 22.8 Å². The van der Waals surface area contributed by atoms with Gasteiger partial charge in [-0.15, -0.1) is 0 Å². The molecule has 1 unspecified atom stereocenters. The Kier molecular flexibility index (Phi) is 7.98. The molecule has 0 saturated carbocycles. The number of benzene rings is 3. The summed E-state index contributed by atoms with van der Waals surface area (Å²) in [6, 6.07) is 19.6. The van der Waals surface area contributed by atoms with Crippen LogP contribution in [-0.4, -0.2) is 19.4 Å². The summed E-state index contributed by atoms with van der Waals surface area (Å²) in [6.07, 6.45) is -4.45. The summed E-state index contributed by atoms with van der Waals surface area (Å²) in [5.41, 5.74) is 0.711. The molecule has 3 rings (SSSR count). The van der Waals surface area contributed by atoms with E-state index >= 15 is 0 Å². The van der Waals surface area contributed by atoms with Crippen LogP contribution in [0.3, 0.4) is 0 Å². The quantitative estimate of drug-likeness (QED) is 0.320. The van der Waals surface area contributed by atoms with Gasteiger partial charge in [-0.05, 0) is 54.4 Å². The molecule has 0 saturated heterocycles. The van der Waals surface area contributed by atoms with Crippen LogP contribution < -0.4 is 4.74 Å². The molecule has 0 fully saturated rings.